The summed E-state index contributed by atoms with van der Waals surface area (Å²) < 4.78 is 0. The number of carboxylic acid groups (broad SMARTS) is 1. The Hall–Kier alpha value is -1.92. The molecule has 0 spiro atoms. The molecule has 20 heavy (non-hydrogen) atoms. The normalized spacial score (nSPS) is 15.6. The maximum Gasteiger partial charge on any atom is 0.316 e. The van der Waals surface area contributed by atoms with Gasteiger partial charge >= 0.3 is 5.97 Å². The Morgan fingerprint density at radius 2 is 2.05 bits per heavy atom. The molecule has 0 saturated carbocycles. The fourth-order valence-corrected chi connectivity index (χ4v) is 2.80. The zero-order valence-corrected chi connectivity index (χ0v) is 11.4. The number of aliphatic carboxylic acids is 1. The molecule has 0 heterocycles. The van der Waals surface area contributed by atoms with E-state index in [0.717, 1.165) is 17.8 Å². The van der Waals surface area contributed by atoms with Gasteiger partial charge in [-0.25, -0.2) is 0 Å². The predicted molar refractivity (Wildman–Crippen MR) is 73.8 cm³/mol. The Balaban J connectivity index is 2.42. The van der Waals surface area contributed by atoms with E-state index in [1.807, 2.05) is 0 Å². The van der Waals surface area contributed by atoms with E-state index in [2.05, 4.69) is 0 Å². The number of hydrogen-bond donors (Lipinski definition) is 2. The standard InChI is InChI=1S/C14H12O5S/c1-7(14(18)19)20-11-5-10(16)12-8(6-15)3-2-4-9(12)13(11)17/h2-5,7,15H,6H2,1H3,(H,18,19). The number of ketones is 2. The van der Waals surface area contributed by atoms with Crippen molar-refractivity contribution in [1.82, 2.24) is 0 Å². The van der Waals surface area contributed by atoms with Gasteiger partial charge in [0, 0.05) is 17.2 Å². The van der Waals surface area contributed by atoms with Crippen LogP contribution in [0.15, 0.2) is 29.2 Å². The lowest BCUT2D eigenvalue weighted by Gasteiger charge is -2.18. The van der Waals surface area contributed by atoms with Gasteiger partial charge in [0.2, 0.25) is 0 Å². The van der Waals surface area contributed by atoms with E-state index >= 15 is 0 Å². The number of fused-ring (bicyclic) bond motifs is 1. The lowest BCUT2D eigenvalue weighted by molar-refractivity contribution is -0.136. The molecule has 0 bridgehead atoms. The summed E-state index contributed by atoms with van der Waals surface area (Å²) in [5.74, 6) is -1.82. The third-order valence-electron chi connectivity index (χ3n) is 2.95. The van der Waals surface area contributed by atoms with Gasteiger partial charge < -0.3 is 10.2 Å². The summed E-state index contributed by atoms with van der Waals surface area (Å²) in [5.41, 5.74) is 0.809. The van der Waals surface area contributed by atoms with Gasteiger partial charge in [-0.2, -0.15) is 0 Å². The van der Waals surface area contributed by atoms with Crippen molar-refractivity contribution in [3.63, 3.8) is 0 Å². The van der Waals surface area contributed by atoms with Gasteiger partial charge in [0.15, 0.2) is 11.6 Å². The number of aliphatic hydroxyl groups excluding tert-OH is 1. The van der Waals surface area contributed by atoms with Crippen molar-refractivity contribution in [1.29, 1.82) is 0 Å². The van der Waals surface area contributed by atoms with Gasteiger partial charge in [-0.05, 0) is 12.5 Å². The molecule has 0 amide bonds. The SMILES string of the molecule is CC(SC1=CC(=O)c2c(CO)cccc2C1=O)C(=O)O. The van der Waals surface area contributed by atoms with Crippen molar-refractivity contribution in [2.45, 2.75) is 18.8 Å². The molecule has 2 N–H and O–H groups in total. The lowest BCUT2D eigenvalue weighted by Crippen LogP contribution is -2.20. The van der Waals surface area contributed by atoms with Gasteiger partial charge in [-0.1, -0.05) is 18.2 Å². The van der Waals surface area contributed by atoms with E-state index in [1.165, 1.54) is 13.0 Å². The summed E-state index contributed by atoms with van der Waals surface area (Å²) in [7, 11) is 0. The van der Waals surface area contributed by atoms with E-state index in [9.17, 15) is 19.5 Å². The van der Waals surface area contributed by atoms with Crippen LogP contribution in [0.4, 0.5) is 0 Å². The lowest BCUT2D eigenvalue weighted by atomic mass is 9.91. The molecule has 6 heteroatoms. The van der Waals surface area contributed by atoms with Crippen molar-refractivity contribution in [2.75, 3.05) is 0 Å². The first-order valence-corrected chi connectivity index (χ1v) is 6.76. The minimum atomic E-state index is -1.05. The Morgan fingerprint density at radius 3 is 2.65 bits per heavy atom. The summed E-state index contributed by atoms with van der Waals surface area (Å²) in [6.07, 6.45) is 1.15. The van der Waals surface area contributed by atoms with Crippen molar-refractivity contribution >= 4 is 29.3 Å². The molecule has 1 aliphatic carbocycles. The number of carbonyl (C=O) groups is 3. The summed E-state index contributed by atoms with van der Waals surface area (Å²) in [6, 6.07) is 4.67. The molecule has 1 aromatic carbocycles. The summed E-state index contributed by atoms with van der Waals surface area (Å²) in [6.45, 7) is 1.12. The molecule has 0 radical (unpaired) electrons. The van der Waals surface area contributed by atoms with Crippen LogP contribution < -0.4 is 0 Å². The first kappa shape index (κ1) is 14.5. The monoisotopic (exact) mass is 292 g/mol. The molecule has 0 saturated heterocycles. The number of thioether (sulfide) groups is 1. The second-order valence-electron chi connectivity index (χ2n) is 4.30. The van der Waals surface area contributed by atoms with E-state index < -0.39 is 11.2 Å². The highest BCUT2D eigenvalue weighted by Crippen LogP contribution is 2.32. The third-order valence-corrected chi connectivity index (χ3v) is 4.06. The van der Waals surface area contributed by atoms with Crippen LogP contribution in [-0.4, -0.2) is 33.0 Å². The molecule has 1 unspecified atom stereocenters. The van der Waals surface area contributed by atoms with Crippen LogP contribution in [0.25, 0.3) is 0 Å². The van der Waals surface area contributed by atoms with Gasteiger partial charge in [0.05, 0.1) is 11.5 Å². The minimum absolute atomic E-state index is 0.118. The number of carbonyl (C=O) groups excluding carboxylic acids is 2. The van der Waals surface area contributed by atoms with E-state index in [1.54, 1.807) is 12.1 Å². The van der Waals surface area contributed by atoms with Crippen LogP contribution in [0.5, 0.6) is 0 Å². The molecule has 1 atom stereocenters. The summed E-state index contributed by atoms with van der Waals surface area (Å²) in [5, 5.41) is 17.3. The number of Topliss-reactive ketones (excluding diaryl/α,β-unsaturated/α-hetero) is 1. The topological polar surface area (TPSA) is 91.7 Å². The molecule has 2 rings (SSSR count). The maximum atomic E-state index is 12.3. The van der Waals surface area contributed by atoms with Gasteiger partial charge in [-0.3, -0.25) is 14.4 Å². The summed E-state index contributed by atoms with van der Waals surface area (Å²) >= 11 is 0.846. The molecule has 1 aliphatic rings. The van der Waals surface area contributed by atoms with Gasteiger partial charge in [0.25, 0.3) is 0 Å². The minimum Gasteiger partial charge on any atom is -0.480 e. The maximum absolute atomic E-state index is 12.3. The number of hydrogen-bond acceptors (Lipinski definition) is 5. The smallest absolute Gasteiger partial charge is 0.316 e. The van der Waals surface area contributed by atoms with Crippen LogP contribution in [0.2, 0.25) is 0 Å². The molecule has 104 valence electrons. The largest absolute Gasteiger partial charge is 0.480 e. The van der Waals surface area contributed by atoms with Crippen molar-refractivity contribution < 1.29 is 24.6 Å². The molecule has 0 fully saturated rings. The Bertz CT molecular complexity index is 632. The van der Waals surface area contributed by atoms with Gasteiger partial charge in [0.1, 0.15) is 5.25 Å². The molecule has 0 aliphatic heterocycles. The average Bonchev–Trinajstić information content (AvgIpc) is 2.43. The highest BCUT2D eigenvalue weighted by Gasteiger charge is 2.29. The average molecular weight is 292 g/mol. The second kappa shape index (κ2) is 5.60. The quantitative estimate of drug-likeness (QED) is 0.876. The second-order valence-corrected chi connectivity index (χ2v) is 5.68. The van der Waals surface area contributed by atoms with Crippen molar-refractivity contribution in [2.24, 2.45) is 0 Å². The number of rotatable bonds is 4. The Morgan fingerprint density at radius 1 is 1.35 bits per heavy atom. The van der Waals surface area contributed by atoms with E-state index in [0.29, 0.717) is 5.56 Å². The van der Waals surface area contributed by atoms with Crippen LogP contribution in [-0.2, 0) is 11.4 Å². The highest BCUT2D eigenvalue weighted by atomic mass is 32.2. The fourth-order valence-electron chi connectivity index (χ4n) is 1.93. The molecule has 5 nitrogen and oxygen atoms in total. The van der Waals surface area contributed by atoms with E-state index in [4.69, 9.17) is 5.11 Å². The van der Waals surface area contributed by atoms with Crippen LogP contribution in [0, 0.1) is 0 Å². The molecule has 1 aromatic rings. The highest BCUT2D eigenvalue weighted by molar-refractivity contribution is 8.05. The number of allylic oxidation sites excluding steroid dienone is 2. The Labute approximate surface area is 119 Å². The van der Waals surface area contributed by atoms with Crippen LogP contribution >= 0.6 is 11.8 Å². The van der Waals surface area contributed by atoms with E-state index in [-0.39, 0.29) is 34.2 Å². The van der Waals surface area contributed by atoms with Crippen molar-refractivity contribution in [3.05, 3.63) is 45.9 Å². The zero-order valence-electron chi connectivity index (χ0n) is 10.6. The Kier molecular flexibility index (Phi) is 4.06. The van der Waals surface area contributed by atoms with Gasteiger partial charge in [-0.15, -0.1) is 11.8 Å². The van der Waals surface area contributed by atoms with Crippen LogP contribution in [0.3, 0.4) is 0 Å². The molecular formula is C14H12O5S. The van der Waals surface area contributed by atoms with Crippen LogP contribution in [0.1, 0.15) is 33.2 Å². The number of aliphatic hydroxyl groups is 1. The molecular weight excluding hydrogens is 280 g/mol. The predicted octanol–water partition coefficient (Wildman–Crippen LogP) is 1.65. The first-order chi connectivity index (χ1) is 9.45. The summed E-state index contributed by atoms with van der Waals surface area (Å²) in [4.78, 5) is 35.3. The zero-order chi connectivity index (χ0) is 14.9. The first-order valence-electron chi connectivity index (χ1n) is 5.88. The third kappa shape index (κ3) is 2.52. The van der Waals surface area contributed by atoms with Crippen molar-refractivity contribution in [3.8, 4) is 0 Å². The fraction of sp³-hybridized carbons (Fsp3) is 0.214. The number of carboxylic acids is 1. The number of benzene rings is 1. The molecule has 0 aromatic heterocycles.